The highest BCUT2D eigenvalue weighted by molar-refractivity contribution is 5.54. The van der Waals surface area contributed by atoms with Gasteiger partial charge in [0.1, 0.15) is 0 Å². The van der Waals surface area contributed by atoms with E-state index in [2.05, 4.69) is 23.7 Å². The van der Waals surface area contributed by atoms with Crippen molar-refractivity contribution >= 4 is 5.69 Å². The van der Waals surface area contributed by atoms with Crippen LogP contribution in [0.15, 0.2) is 17.1 Å². The van der Waals surface area contributed by atoms with Gasteiger partial charge in [-0.3, -0.25) is 4.79 Å². The fourth-order valence-electron chi connectivity index (χ4n) is 2.09. The first kappa shape index (κ1) is 9.31. The zero-order chi connectivity index (χ0) is 10.1. The minimum absolute atomic E-state index is 0.0767. The number of aromatic nitrogens is 1. The van der Waals surface area contributed by atoms with Crippen molar-refractivity contribution in [2.24, 2.45) is 0 Å². The molecule has 14 heavy (non-hydrogen) atoms. The summed E-state index contributed by atoms with van der Waals surface area (Å²) in [4.78, 5) is 16.6. The van der Waals surface area contributed by atoms with Crippen molar-refractivity contribution < 1.29 is 0 Å². The second kappa shape index (κ2) is 3.48. The first-order valence-electron chi connectivity index (χ1n) is 5.17. The summed E-state index contributed by atoms with van der Waals surface area (Å²) in [5.74, 6) is 0. The molecule has 0 unspecified atom stereocenters. The molecule has 1 aromatic rings. The summed E-state index contributed by atoms with van der Waals surface area (Å²) < 4.78 is 0. The van der Waals surface area contributed by atoms with Crippen LogP contribution in [0, 0.1) is 0 Å². The number of hydrogen-bond acceptors (Lipinski definition) is 2. The quantitative estimate of drug-likeness (QED) is 0.732. The van der Waals surface area contributed by atoms with E-state index in [0.29, 0.717) is 6.04 Å². The van der Waals surface area contributed by atoms with E-state index in [1.54, 1.807) is 6.20 Å². The third-order valence-corrected chi connectivity index (χ3v) is 2.80. The van der Waals surface area contributed by atoms with Crippen LogP contribution in [0.4, 0.5) is 5.69 Å². The van der Waals surface area contributed by atoms with E-state index in [1.807, 2.05) is 6.07 Å². The normalized spacial score (nSPS) is 15.8. The topological polar surface area (TPSA) is 36.1 Å². The van der Waals surface area contributed by atoms with Gasteiger partial charge in [0.05, 0.1) is 0 Å². The Kier molecular flexibility index (Phi) is 2.32. The number of nitrogens with zero attached hydrogens (tertiary/aromatic N) is 1. The Labute approximate surface area is 83.8 Å². The van der Waals surface area contributed by atoms with Crippen molar-refractivity contribution in [3.63, 3.8) is 0 Å². The second-order valence-electron chi connectivity index (χ2n) is 4.06. The van der Waals surface area contributed by atoms with E-state index in [1.165, 1.54) is 0 Å². The summed E-state index contributed by atoms with van der Waals surface area (Å²) in [5, 5.41) is 0. The van der Waals surface area contributed by atoms with Gasteiger partial charge in [0.2, 0.25) is 0 Å². The maximum Gasteiger partial charge on any atom is 0.253 e. The predicted molar refractivity (Wildman–Crippen MR) is 57.9 cm³/mol. The minimum atomic E-state index is 0.0767. The molecule has 0 saturated heterocycles. The molecule has 1 N–H and O–H groups in total. The largest absolute Gasteiger partial charge is 0.369 e. The average molecular weight is 192 g/mol. The number of nitrogens with one attached hydrogen (secondary N) is 1. The molecule has 1 aliphatic heterocycles. The van der Waals surface area contributed by atoms with Gasteiger partial charge < -0.3 is 9.88 Å². The van der Waals surface area contributed by atoms with Gasteiger partial charge in [0, 0.05) is 30.0 Å². The minimum Gasteiger partial charge on any atom is -0.369 e. The van der Waals surface area contributed by atoms with Crippen LogP contribution in [-0.4, -0.2) is 17.6 Å². The van der Waals surface area contributed by atoms with Crippen LogP contribution >= 0.6 is 0 Å². The van der Waals surface area contributed by atoms with E-state index in [-0.39, 0.29) is 5.56 Å². The Hall–Kier alpha value is -1.25. The monoisotopic (exact) mass is 192 g/mol. The zero-order valence-electron chi connectivity index (χ0n) is 8.71. The molecule has 0 saturated carbocycles. The average Bonchev–Trinajstić information content (AvgIpc) is 2.17. The SMILES string of the molecule is CC(C)N1CCCc2c1cc[nH]c2=O. The molecule has 1 aliphatic rings. The van der Waals surface area contributed by atoms with E-state index in [4.69, 9.17) is 0 Å². The van der Waals surface area contributed by atoms with Gasteiger partial charge >= 0.3 is 0 Å². The van der Waals surface area contributed by atoms with Crippen LogP contribution in [0.25, 0.3) is 0 Å². The molecule has 1 aromatic heterocycles. The molecule has 0 bridgehead atoms. The number of hydrogen-bond donors (Lipinski definition) is 1. The molecule has 0 aliphatic carbocycles. The Morgan fingerprint density at radius 1 is 1.50 bits per heavy atom. The number of aromatic amines is 1. The van der Waals surface area contributed by atoms with Crippen molar-refractivity contribution in [2.75, 3.05) is 11.4 Å². The van der Waals surface area contributed by atoms with Crippen LogP contribution < -0.4 is 10.5 Å². The molecule has 0 amide bonds. The summed E-state index contributed by atoms with van der Waals surface area (Å²) in [6, 6.07) is 2.48. The Morgan fingerprint density at radius 2 is 2.29 bits per heavy atom. The lowest BCUT2D eigenvalue weighted by atomic mass is 10.0. The highest BCUT2D eigenvalue weighted by Gasteiger charge is 2.20. The van der Waals surface area contributed by atoms with Crippen LogP contribution in [0.3, 0.4) is 0 Å². The first-order valence-corrected chi connectivity index (χ1v) is 5.17. The molecular weight excluding hydrogens is 176 g/mol. The first-order chi connectivity index (χ1) is 6.70. The highest BCUT2D eigenvalue weighted by Crippen LogP contribution is 2.25. The van der Waals surface area contributed by atoms with Crippen LogP contribution in [-0.2, 0) is 6.42 Å². The lowest BCUT2D eigenvalue weighted by Gasteiger charge is -2.33. The summed E-state index contributed by atoms with van der Waals surface area (Å²) in [5.41, 5.74) is 2.15. The molecule has 0 spiro atoms. The van der Waals surface area contributed by atoms with E-state index >= 15 is 0 Å². The number of pyridine rings is 1. The van der Waals surface area contributed by atoms with E-state index in [9.17, 15) is 4.79 Å². The number of fused-ring (bicyclic) bond motifs is 1. The fourth-order valence-corrected chi connectivity index (χ4v) is 2.09. The van der Waals surface area contributed by atoms with Gasteiger partial charge in [0.25, 0.3) is 5.56 Å². The molecule has 3 nitrogen and oxygen atoms in total. The fraction of sp³-hybridized carbons (Fsp3) is 0.545. The standard InChI is InChI=1S/C11H16N2O/c1-8(2)13-7-3-4-9-10(13)5-6-12-11(9)14/h5-6,8H,3-4,7H2,1-2H3,(H,12,14). The molecule has 0 atom stereocenters. The van der Waals surface area contributed by atoms with Gasteiger partial charge in [-0.1, -0.05) is 0 Å². The Balaban J connectivity index is 2.50. The van der Waals surface area contributed by atoms with Crippen molar-refractivity contribution in [1.82, 2.24) is 4.98 Å². The van der Waals surface area contributed by atoms with Crippen LogP contribution in [0.2, 0.25) is 0 Å². The zero-order valence-corrected chi connectivity index (χ0v) is 8.71. The van der Waals surface area contributed by atoms with Crippen molar-refractivity contribution in [3.05, 3.63) is 28.2 Å². The predicted octanol–water partition coefficient (Wildman–Crippen LogP) is 1.54. The number of H-pyrrole nitrogens is 1. The summed E-state index contributed by atoms with van der Waals surface area (Å²) >= 11 is 0. The molecule has 3 heteroatoms. The third-order valence-electron chi connectivity index (χ3n) is 2.80. The third kappa shape index (κ3) is 1.43. The maximum atomic E-state index is 11.5. The molecule has 0 fully saturated rings. The van der Waals surface area contributed by atoms with Gasteiger partial charge in [0.15, 0.2) is 0 Å². The number of rotatable bonds is 1. The van der Waals surface area contributed by atoms with Crippen LogP contribution in [0.5, 0.6) is 0 Å². The van der Waals surface area contributed by atoms with Crippen molar-refractivity contribution in [2.45, 2.75) is 32.7 Å². The van der Waals surface area contributed by atoms with E-state index in [0.717, 1.165) is 30.6 Å². The lowest BCUT2D eigenvalue weighted by Crippen LogP contribution is -2.37. The van der Waals surface area contributed by atoms with Gasteiger partial charge in [-0.15, -0.1) is 0 Å². The summed E-state index contributed by atoms with van der Waals surface area (Å²) in [6.07, 6.45) is 3.73. The highest BCUT2D eigenvalue weighted by atomic mass is 16.1. The Bertz CT molecular complexity index is 381. The second-order valence-corrected chi connectivity index (χ2v) is 4.06. The Morgan fingerprint density at radius 3 is 3.00 bits per heavy atom. The summed E-state index contributed by atoms with van der Waals surface area (Å²) in [6.45, 7) is 5.39. The van der Waals surface area contributed by atoms with Crippen molar-refractivity contribution in [1.29, 1.82) is 0 Å². The van der Waals surface area contributed by atoms with Gasteiger partial charge in [-0.25, -0.2) is 0 Å². The van der Waals surface area contributed by atoms with Crippen LogP contribution in [0.1, 0.15) is 25.8 Å². The molecule has 2 heterocycles. The molecule has 2 rings (SSSR count). The van der Waals surface area contributed by atoms with Gasteiger partial charge in [-0.2, -0.15) is 0 Å². The summed E-state index contributed by atoms with van der Waals surface area (Å²) in [7, 11) is 0. The smallest absolute Gasteiger partial charge is 0.253 e. The molecule has 76 valence electrons. The number of anilines is 1. The van der Waals surface area contributed by atoms with Gasteiger partial charge in [-0.05, 0) is 32.8 Å². The van der Waals surface area contributed by atoms with E-state index < -0.39 is 0 Å². The lowest BCUT2D eigenvalue weighted by molar-refractivity contribution is 0.621. The molecule has 0 aromatic carbocycles. The molecule has 0 radical (unpaired) electrons. The maximum absolute atomic E-state index is 11.5. The van der Waals surface area contributed by atoms with Crippen molar-refractivity contribution in [3.8, 4) is 0 Å². The molecular formula is C11H16N2O.